The Hall–Kier alpha value is -2.29. The molecule has 22 heavy (non-hydrogen) atoms. The number of ether oxygens (including phenoxy) is 1. The van der Waals surface area contributed by atoms with Gasteiger partial charge in [0.05, 0.1) is 6.04 Å². The van der Waals surface area contributed by atoms with E-state index in [1.165, 1.54) is 5.56 Å². The lowest BCUT2D eigenvalue weighted by Crippen LogP contribution is -2.37. The Morgan fingerprint density at radius 2 is 1.77 bits per heavy atom. The summed E-state index contributed by atoms with van der Waals surface area (Å²) in [5.41, 5.74) is 3.40. The molecule has 2 atom stereocenters. The molecule has 2 aromatic carbocycles. The first-order valence-corrected chi connectivity index (χ1v) is 7.56. The second-order valence-corrected chi connectivity index (χ2v) is 5.66. The van der Waals surface area contributed by atoms with Crippen molar-refractivity contribution in [2.24, 2.45) is 0 Å². The van der Waals surface area contributed by atoms with Gasteiger partial charge in [-0.05, 0) is 56.5 Å². The largest absolute Gasteiger partial charge is 0.481 e. The topological polar surface area (TPSA) is 38.3 Å². The van der Waals surface area contributed by atoms with Gasteiger partial charge in [-0.3, -0.25) is 4.79 Å². The molecule has 0 spiro atoms. The van der Waals surface area contributed by atoms with Crippen LogP contribution in [0.15, 0.2) is 48.5 Å². The molecule has 3 heteroatoms. The highest BCUT2D eigenvalue weighted by atomic mass is 16.5. The van der Waals surface area contributed by atoms with E-state index >= 15 is 0 Å². The first-order valence-electron chi connectivity index (χ1n) is 7.56. The Balaban J connectivity index is 1.98. The third kappa shape index (κ3) is 4.10. The fourth-order valence-electron chi connectivity index (χ4n) is 2.43. The SMILES string of the molecule is Cc1cccc(OC(C)C(=O)NC(C)c2ccccc2C)c1. The molecular formula is C19H23NO2. The van der Waals surface area contributed by atoms with Gasteiger partial charge in [0.1, 0.15) is 5.75 Å². The van der Waals surface area contributed by atoms with Gasteiger partial charge in [0, 0.05) is 0 Å². The van der Waals surface area contributed by atoms with Gasteiger partial charge in [-0.25, -0.2) is 0 Å². The van der Waals surface area contributed by atoms with Crippen LogP contribution < -0.4 is 10.1 Å². The lowest BCUT2D eigenvalue weighted by molar-refractivity contribution is -0.127. The molecule has 2 unspecified atom stereocenters. The quantitative estimate of drug-likeness (QED) is 0.907. The molecule has 0 aliphatic rings. The third-order valence-corrected chi connectivity index (χ3v) is 3.69. The minimum atomic E-state index is -0.534. The van der Waals surface area contributed by atoms with Crippen LogP contribution in [0.4, 0.5) is 0 Å². The van der Waals surface area contributed by atoms with Crippen LogP contribution in [0.5, 0.6) is 5.75 Å². The van der Waals surface area contributed by atoms with E-state index in [-0.39, 0.29) is 11.9 Å². The summed E-state index contributed by atoms with van der Waals surface area (Å²) in [5, 5.41) is 3.01. The summed E-state index contributed by atoms with van der Waals surface area (Å²) in [5.74, 6) is 0.600. The van der Waals surface area contributed by atoms with Crippen molar-refractivity contribution in [3.05, 3.63) is 65.2 Å². The minimum Gasteiger partial charge on any atom is -0.481 e. The van der Waals surface area contributed by atoms with Crippen molar-refractivity contribution in [2.45, 2.75) is 39.8 Å². The van der Waals surface area contributed by atoms with E-state index in [1.807, 2.05) is 69.3 Å². The van der Waals surface area contributed by atoms with E-state index in [0.29, 0.717) is 5.75 Å². The van der Waals surface area contributed by atoms with Crippen molar-refractivity contribution >= 4 is 5.91 Å². The third-order valence-electron chi connectivity index (χ3n) is 3.69. The van der Waals surface area contributed by atoms with Gasteiger partial charge in [-0.2, -0.15) is 0 Å². The highest BCUT2D eigenvalue weighted by Crippen LogP contribution is 2.18. The van der Waals surface area contributed by atoms with Crippen LogP contribution in [0.3, 0.4) is 0 Å². The zero-order valence-corrected chi connectivity index (χ0v) is 13.6. The monoisotopic (exact) mass is 297 g/mol. The molecule has 3 nitrogen and oxygen atoms in total. The van der Waals surface area contributed by atoms with Crippen molar-refractivity contribution < 1.29 is 9.53 Å². The molecule has 0 aliphatic carbocycles. The summed E-state index contributed by atoms with van der Waals surface area (Å²) < 4.78 is 5.71. The molecule has 0 radical (unpaired) electrons. The van der Waals surface area contributed by atoms with E-state index in [9.17, 15) is 4.79 Å². The van der Waals surface area contributed by atoms with Crippen LogP contribution in [0, 0.1) is 13.8 Å². The van der Waals surface area contributed by atoms with Gasteiger partial charge in [-0.1, -0.05) is 36.4 Å². The number of hydrogen-bond acceptors (Lipinski definition) is 2. The van der Waals surface area contributed by atoms with Gasteiger partial charge >= 0.3 is 0 Å². The first-order chi connectivity index (χ1) is 10.5. The Labute approximate surface area is 132 Å². The molecule has 2 rings (SSSR count). The van der Waals surface area contributed by atoms with Crippen molar-refractivity contribution in [3.8, 4) is 5.75 Å². The molecule has 0 fully saturated rings. The predicted octanol–water partition coefficient (Wildman–Crippen LogP) is 3.95. The first kappa shape index (κ1) is 16.1. The molecule has 116 valence electrons. The zero-order valence-electron chi connectivity index (χ0n) is 13.6. The maximum Gasteiger partial charge on any atom is 0.261 e. The van der Waals surface area contributed by atoms with Gasteiger partial charge in [0.25, 0.3) is 5.91 Å². The van der Waals surface area contributed by atoms with Gasteiger partial charge in [-0.15, -0.1) is 0 Å². The average Bonchev–Trinajstić information content (AvgIpc) is 2.47. The number of carbonyl (C=O) groups is 1. The molecule has 1 N–H and O–H groups in total. The smallest absolute Gasteiger partial charge is 0.261 e. The molecular weight excluding hydrogens is 274 g/mol. The summed E-state index contributed by atoms with van der Waals surface area (Å²) >= 11 is 0. The van der Waals surface area contributed by atoms with Crippen molar-refractivity contribution in [1.82, 2.24) is 5.32 Å². The van der Waals surface area contributed by atoms with Crippen LogP contribution >= 0.6 is 0 Å². The summed E-state index contributed by atoms with van der Waals surface area (Å²) in [6, 6.07) is 15.7. The lowest BCUT2D eigenvalue weighted by atomic mass is 10.0. The average molecular weight is 297 g/mol. The lowest BCUT2D eigenvalue weighted by Gasteiger charge is -2.20. The van der Waals surface area contributed by atoms with E-state index in [4.69, 9.17) is 4.74 Å². The number of rotatable bonds is 5. The van der Waals surface area contributed by atoms with Gasteiger partial charge < -0.3 is 10.1 Å². The maximum atomic E-state index is 12.3. The summed E-state index contributed by atoms with van der Waals surface area (Å²) in [6.45, 7) is 7.80. The highest BCUT2D eigenvalue weighted by Gasteiger charge is 2.18. The Morgan fingerprint density at radius 3 is 2.45 bits per heavy atom. The summed E-state index contributed by atoms with van der Waals surface area (Å²) in [4.78, 5) is 12.3. The molecule has 2 aromatic rings. The molecule has 0 bridgehead atoms. The molecule has 0 aromatic heterocycles. The van der Waals surface area contributed by atoms with E-state index in [0.717, 1.165) is 11.1 Å². The number of amides is 1. The van der Waals surface area contributed by atoms with E-state index < -0.39 is 6.10 Å². The van der Waals surface area contributed by atoms with Crippen LogP contribution in [-0.4, -0.2) is 12.0 Å². The molecule has 0 aliphatic heterocycles. The van der Waals surface area contributed by atoms with Crippen LogP contribution in [0.2, 0.25) is 0 Å². The Morgan fingerprint density at radius 1 is 1.05 bits per heavy atom. The normalized spacial score (nSPS) is 13.3. The number of aryl methyl sites for hydroxylation is 2. The predicted molar refractivity (Wildman–Crippen MR) is 89.0 cm³/mol. The van der Waals surface area contributed by atoms with Crippen LogP contribution in [0.1, 0.15) is 36.6 Å². The number of nitrogens with one attached hydrogen (secondary N) is 1. The fourth-order valence-corrected chi connectivity index (χ4v) is 2.43. The molecule has 0 saturated heterocycles. The summed E-state index contributed by atoms with van der Waals surface area (Å²) in [7, 11) is 0. The van der Waals surface area contributed by atoms with Gasteiger partial charge in [0.2, 0.25) is 0 Å². The Bertz CT molecular complexity index is 651. The number of hydrogen-bond donors (Lipinski definition) is 1. The van der Waals surface area contributed by atoms with Crippen molar-refractivity contribution in [3.63, 3.8) is 0 Å². The molecule has 0 saturated carbocycles. The van der Waals surface area contributed by atoms with Crippen molar-refractivity contribution in [1.29, 1.82) is 0 Å². The number of benzene rings is 2. The van der Waals surface area contributed by atoms with E-state index in [1.54, 1.807) is 6.92 Å². The zero-order chi connectivity index (χ0) is 16.1. The molecule has 1 amide bonds. The molecule has 0 heterocycles. The maximum absolute atomic E-state index is 12.3. The van der Waals surface area contributed by atoms with Crippen molar-refractivity contribution in [2.75, 3.05) is 0 Å². The second kappa shape index (κ2) is 7.12. The number of carbonyl (C=O) groups excluding carboxylic acids is 1. The highest BCUT2D eigenvalue weighted by molar-refractivity contribution is 5.81. The minimum absolute atomic E-state index is 0.0442. The van der Waals surface area contributed by atoms with Crippen LogP contribution in [-0.2, 0) is 4.79 Å². The standard InChI is InChI=1S/C19H23NO2/c1-13-8-7-10-17(12-13)22-16(4)19(21)20-15(3)18-11-6-5-9-14(18)2/h5-12,15-16H,1-4H3,(H,20,21). The van der Waals surface area contributed by atoms with Gasteiger partial charge in [0.15, 0.2) is 6.10 Å². The van der Waals surface area contributed by atoms with E-state index in [2.05, 4.69) is 5.32 Å². The fraction of sp³-hybridized carbons (Fsp3) is 0.316. The second-order valence-electron chi connectivity index (χ2n) is 5.66. The summed E-state index contributed by atoms with van der Waals surface area (Å²) in [6.07, 6.45) is -0.534. The Kier molecular flexibility index (Phi) is 5.21. The van der Waals surface area contributed by atoms with Crippen LogP contribution in [0.25, 0.3) is 0 Å².